The Kier molecular flexibility index (Phi) is 6.69. The van der Waals surface area contributed by atoms with Crippen LogP contribution in [0, 0.1) is 11.8 Å². The topological polar surface area (TPSA) is 61.6 Å². The largest absolute Gasteiger partial charge is 0.336 e. The van der Waals surface area contributed by atoms with E-state index in [-0.39, 0.29) is 12.1 Å². The number of likely N-dealkylation sites (tertiary alicyclic amines) is 1. The lowest BCUT2D eigenvalue weighted by molar-refractivity contribution is -0.125. The molecule has 1 amide bonds. The van der Waals surface area contributed by atoms with Gasteiger partial charge in [-0.3, -0.25) is 4.79 Å². The number of carbonyl (C=O) groups is 1. The molecular formula is C25H40N4O. The highest BCUT2D eigenvalue weighted by atomic mass is 16.2. The highest BCUT2D eigenvalue weighted by Gasteiger charge is 2.54. The Hall–Kier alpha value is -1.59. The molecule has 2 saturated heterocycles. The van der Waals surface area contributed by atoms with E-state index in [2.05, 4.69) is 53.2 Å². The van der Waals surface area contributed by atoms with Gasteiger partial charge in [0.25, 0.3) is 0 Å². The molecule has 0 bridgehead atoms. The van der Waals surface area contributed by atoms with Crippen molar-refractivity contribution in [3.63, 3.8) is 0 Å². The zero-order valence-electron chi connectivity index (χ0n) is 18.9. The number of nitrogens with two attached hydrogens (primary N) is 1. The average molecular weight is 413 g/mol. The predicted octanol–water partition coefficient (Wildman–Crippen LogP) is 3.74. The van der Waals surface area contributed by atoms with Crippen molar-refractivity contribution in [3.05, 3.63) is 30.3 Å². The first-order valence-electron chi connectivity index (χ1n) is 12.1. The minimum absolute atomic E-state index is 0.0523. The number of benzene rings is 1. The van der Waals surface area contributed by atoms with E-state index in [1.54, 1.807) is 0 Å². The van der Waals surface area contributed by atoms with Crippen LogP contribution in [0.2, 0.25) is 0 Å². The van der Waals surface area contributed by atoms with Crippen LogP contribution in [-0.2, 0) is 4.79 Å². The highest BCUT2D eigenvalue weighted by molar-refractivity contribution is 5.94. The third-order valence-electron chi connectivity index (χ3n) is 8.03. The number of nitrogens with one attached hydrogen (secondary N) is 1. The van der Waals surface area contributed by atoms with E-state index in [9.17, 15) is 4.79 Å². The Morgan fingerprint density at radius 3 is 2.37 bits per heavy atom. The Labute approximate surface area is 182 Å². The van der Waals surface area contributed by atoms with Gasteiger partial charge in [-0.05, 0) is 81.9 Å². The SMILES string of the molecule is CC(C)C1CCC(N2CCC3(CC2)C(=O)NC(CCCN)N3c2ccccc2)CC1. The average Bonchev–Trinajstić information content (AvgIpc) is 3.04. The van der Waals surface area contributed by atoms with Gasteiger partial charge in [-0.1, -0.05) is 32.0 Å². The van der Waals surface area contributed by atoms with Gasteiger partial charge < -0.3 is 20.9 Å². The Balaban J connectivity index is 1.47. The number of carbonyl (C=O) groups excluding carboxylic acids is 1. The number of amides is 1. The second kappa shape index (κ2) is 9.27. The summed E-state index contributed by atoms with van der Waals surface area (Å²) < 4.78 is 0. The molecular weight excluding hydrogens is 372 g/mol. The summed E-state index contributed by atoms with van der Waals surface area (Å²) in [5, 5.41) is 3.32. The molecule has 1 atom stereocenters. The molecule has 3 aliphatic rings. The predicted molar refractivity (Wildman–Crippen MR) is 123 cm³/mol. The van der Waals surface area contributed by atoms with Crippen LogP contribution in [0.3, 0.4) is 0 Å². The molecule has 1 aromatic rings. The molecule has 1 aliphatic carbocycles. The van der Waals surface area contributed by atoms with Crippen molar-refractivity contribution in [2.24, 2.45) is 17.6 Å². The lowest BCUT2D eigenvalue weighted by Gasteiger charge is -2.48. The van der Waals surface area contributed by atoms with Crippen molar-refractivity contribution in [2.75, 3.05) is 24.5 Å². The number of nitrogens with zero attached hydrogens (tertiary/aromatic N) is 2. The Bertz CT molecular complexity index is 690. The number of anilines is 1. The summed E-state index contributed by atoms with van der Waals surface area (Å²) in [5.41, 5.74) is 6.53. The van der Waals surface area contributed by atoms with Gasteiger partial charge in [-0.25, -0.2) is 0 Å². The van der Waals surface area contributed by atoms with Gasteiger partial charge in [0.2, 0.25) is 5.91 Å². The van der Waals surface area contributed by atoms with Gasteiger partial charge in [0.15, 0.2) is 0 Å². The van der Waals surface area contributed by atoms with E-state index in [0.29, 0.717) is 12.6 Å². The smallest absolute Gasteiger partial charge is 0.247 e. The number of rotatable bonds is 6. The standard InChI is InChI=1S/C25H40N4O/c1-19(2)20-10-12-21(13-11-20)28-17-14-25(15-18-28)24(30)27-23(9-6-16-26)29(25)22-7-4-3-5-8-22/h3-5,7-8,19-21,23H,6,9-18,26H2,1-2H3,(H,27,30). The van der Waals surface area contributed by atoms with Gasteiger partial charge in [0.05, 0.1) is 0 Å². The molecule has 4 rings (SSSR count). The molecule has 3 fully saturated rings. The maximum absolute atomic E-state index is 13.3. The maximum atomic E-state index is 13.3. The fourth-order valence-electron chi connectivity index (χ4n) is 6.15. The monoisotopic (exact) mass is 412 g/mol. The minimum atomic E-state index is -0.410. The summed E-state index contributed by atoms with van der Waals surface area (Å²) in [6.45, 7) is 7.45. The van der Waals surface area contributed by atoms with Crippen LogP contribution in [0.4, 0.5) is 5.69 Å². The normalized spacial score (nSPS) is 29.5. The third kappa shape index (κ3) is 4.11. The first kappa shape index (κ1) is 21.6. The van der Waals surface area contributed by atoms with Crippen LogP contribution < -0.4 is 16.0 Å². The quantitative estimate of drug-likeness (QED) is 0.747. The molecule has 0 radical (unpaired) electrons. The summed E-state index contributed by atoms with van der Waals surface area (Å²) in [7, 11) is 0. The first-order valence-corrected chi connectivity index (χ1v) is 12.1. The van der Waals surface area contributed by atoms with E-state index in [0.717, 1.165) is 56.3 Å². The molecule has 5 nitrogen and oxygen atoms in total. The van der Waals surface area contributed by atoms with Crippen molar-refractivity contribution in [3.8, 4) is 0 Å². The second-order valence-corrected chi connectivity index (χ2v) is 10.0. The summed E-state index contributed by atoms with van der Waals surface area (Å²) in [4.78, 5) is 18.4. The molecule has 1 saturated carbocycles. The molecule has 166 valence electrons. The van der Waals surface area contributed by atoms with Crippen molar-refractivity contribution in [1.82, 2.24) is 10.2 Å². The number of para-hydroxylation sites is 1. The molecule has 30 heavy (non-hydrogen) atoms. The van der Waals surface area contributed by atoms with Gasteiger partial charge in [0, 0.05) is 24.8 Å². The molecule has 0 aromatic heterocycles. The fraction of sp³-hybridized carbons (Fsp3) is 0.720. The minimum Gasteiger partial charge on any atom is -0.336 e. The molecule has 1 aromatic carbocycles. The van der Waals surface area contributed by atoms with Crippen molar-refractivity contribution < 1.29 is 4.79 Å². The summed E-state index contributed by atoms with van der Waals surface area (Å²) >= 11 is 0. The Morgan fingerprint density at radius 2 is 1.77 bits per heavy atom. The lowest BCUT2D eigenvalue weighted by Crippen LogP contribution is -2.59. The van der Waals surface area contributed by atoms with E-state index in [1.807, 2.05) is 6.07 Å². The number of piperidine rings is 1. The van der Waals surface area contributed by atoms with Crippen molar-refractivity contribution in [1.29, 1.82) is 0 Å². The van der Waals surface area contributed by atoms with Gasteiger partial charge in [-0.2, -0.15) is 0 Å². The lowest BCUT2D eigenvalue weighted by atomic mass is 9.78. The van der Waals surface area contributed by atoms with Crippen molar-refractivity contribution in [2.45, 2.75) is 83.0 Å². The van der Waals surface area contributed by atoms with E-state index in [4.69, 9.17) is 5.73 Å². The van der Waals surface area contributed by atoms with E-state index >= 15 is 0 Å². The highest BCUT2D eigenvalue weighted by Crippen LogP contribution is 2.41. The van der Waals surface area contributed by atoms with Gasteiger partial charge >= 0.3 is 0 Å². The zero-order valence-corrected chi connectivity index (χ0v) is 18.9. The summed E-state index contributed by atoms with van der Waals surface area (Å²) in [6.07, 6.45) is 9.08. The van der Waals surface area contributed by atoms with Crippen LogP contribution in [0.5, 0.6) is 0 Å². The second-order valence-electron chi connectivity index (χ2n) is 10.0. The van der Waals surface area contributed by atoms with E-state index in [1.165, 1.54) is 25.7 Å². The molecule has 5 heteroatoms. The van der Waals surface area contributed by atoms with Crippen LogP contribution in [0.1, 0.15) is 65.2 Å². The molecule has 2 heterocycles. The first-order chi connectivity index (χ1) is 14.5. The van der Waals surface area contributed by atoms with Crippen LogP contribution in [0.25, 0.3) is 0 Å². The van der Waals surface area contributed by atoms with Gasteiger partial charge in [0.1, 0.15) is 11.7 Å². The van der Waals surface area contributed by atoms with Crippen LogP contribution >= 0.6 is 0 Å². The molecule has 3 N–H and O–H groups in total. The van der Waals surface area contributed by atoms with Crippen molar-refractivity contribution >= 4 is 11.6 Å². The number of hydrogen-bond acceptors (Lipinski definition) is 4. The maximum Gasteiger partial charge on any atom is 0.247 e. The van der Waals surface area contributed by atoms with Crippen LogP contribution in [0.15, 0.2) is 30.3 Å². The van der Waals surface area contributed by atoms with E-state index < -0.39 is 5.54 Å². The fourth-order valence-corrected chi connectivity index (χ4v) is 6.15. The molecule has 2 aliphatic heterocycles. The summed E-state index contributed by atoms with van der Waals surface area (Å²) in [5.74, 6) is 1.93. The number of hydrogen-bond donors (Lipinski definition) is 2. The third-order valence-corrected chi connectivity index (χ3v) is 8.03. The van der Waals surface area contributed by atoms with Crippen LogP contribution in [-0.4, -0.2) is 48.2 Å². The zero-order chi connectivity index (χ0) is 21.1. The summed E-state index contributed by atoms with van der Waals surface area (Å²) in [6, 6.07) is 11.2. The Morgan fingerprint density at radius 1 is 1.10 bits per heavy atom. The van der Waals surface area contributed by atoms with Gasteiger partial charge in [-0.15, -0.1) is 0 Å². The molecule has 1 unspecified atom stereocenters. The molecule has 1 spiro atoms.